The van der Waals surface area contributed by atoms with E-state index in [0.29, 0.717) is 0 Å². The molecule has 1 nitrogen and oxygen atoms in total. The summed E-state index contributed by atoms with van der Waals surface area (Å²) in [5, 5.41) is 0. The highest BCUT2D eigenvalue weighted by molar-refractivity contribution is 7.96. The Morgan fingerprint density at radius 1 is 1.31 bits per heavy atom. The Morgan fingerprint density at radius 2 is 1.92 bits per heavy atom. The summed E-state index contributed by atoms with van der Waals surface area (Å²) in [6.07, 6.45) is 9.60. The van der Waals surface area contributed by atoms with E-state index in [1.165, 1.54) is 45.2 Å². The Hall–Kier alpha value is 0.310. The predicted octanol–water partition coefficient (Wildman–Crippen LogP) is 3.17. The highest BCUT2D eigenvalue weighted by Gasteiger charge is 2.44. The molecule has 0 atom stereocenters. The van der Waals surface area contributed by atoms with Crippen LogP contribution < -0.4 is 0 Å². The van der Waals surface area contributed by atoms with Crippen LogP contribution in [0.1, 0.15) is 39.0 Å². The molecule has 1 aliphatic heterocycles. The van der Waals surface area contributed by atoms with Gasteiger partial charge in [0.1, 0.15) is 0 Å². The standard InChI is InChI=1S/C11H21NS/c1-3-10-8-11(9-10)4-6-12(13-2)7-5-11/h10H,3-9H2,1-2H3. The summed E-state index contributed by atoms with van der Waals surface area (Å²) >= 11 is 1.92. The van der Waals surface area contributed by atoms with Gasteiger partial charge in [0.25, 0.3) is 0 Å². The lowest BCUT2D eigenvalue weighted by atomic mass is 9.57. The topological polar surface area (TPSA) is 3.24 Å². The Labute approximate surface area is 86.4 Å². The second-order valence-corrected chi connectivity index (χ2v) is 5.68. The smallest absolute Gasteiger partial charge is 0.00945 e. The number of piperidine rings is 1. The van der Waals surface area contributed by atoms with Crippen LogP contribution in [0.25, 0.3) is 0 Å². The van der Waals surface area contributed by atoms with E-state index in [2.05, 4.69) is 17.5 Å². The minimum atomic E-state index is 0.799. The van der Waals surface area contributed by atoms with E-state index in [9.17, 15) is 0 Å². The molecule has 0 bridgehead atoms. The fraction of sp³-hybridized carbons (Fsp3) is 1.00. The molecule has 0 amide bonds. The van der Waals surface area contributed by atoms with Gasteiger partial charge in [0, 0.05) is 13.1 Å². The third-order valence-corrected chi connectivity index (χ3v) is 4.94. The zero-order valence-electron chi connectivity index (χ0n) is 8.88. The maximum Gasteiger partial charge on any atom is 0.00945 e. The first-order chi connectivity index (χ1) is 6.28. The molecule has 13 heavy (non-hydrogen) atoms. The normalized spacial score (nSPS) is 29.1. The van der Waals surface area contributed by atoms with Crippen molar-refractivity contribution in [2.24, 2.45) is 11.3 Å². The van der Waals surface area contributed by atoms with E-state index in [0.717, 1.165) is 11.3 Å². The number of rotatable bonds is 2. The van der Waals surface area contributed by atoms with Gasteiger partial charge in [-0.05, 0) is 43.3 Å². The molecule has 2 fully saturated rings. The van der Waals surface area contributed by atoms with Gasteiger partial charge in [0.2, 0.25) is 0 Å². The number of hydrogen-bond donors (Lipinski definition) is 0. The summed E-state index contributed by atoms with van der Waals surface area (Å²) in [5.41, 5.74) is 0.799. The molecule has 2 aliphatic rings. The summed E-state index contributed by atoms with van der Waals surface area (Å²) in [4.78, 5) is 0. The van der Waals surface area contributed by atoms with Gasteiger partial charge in [-0.3, -0.25) is 4.31 Å². The third kappa shape index (κ3) is 1.89. The van der Waals surface area contributed by atoms with Crippen LogP contribution in [0.3, 0.4) is 0 Å². The number of hydrogen-bond acceptors (Lipinski definition) is 2. The van der Waals surface area contributed by atoms with E-state index in [4.69, 9.17) is 0 Å². The second kappa shape index (κ2) is 3.82. The van der Waals surface area contributed by atoms with Crippen molar-refractivity contribution in [3.63, 3.8) is 0 Å². The van der Waals surface area contributed by atoms with Crippen LogP contribution in [0.2, 0.25) is 0 Å². The van der Waals surface area contributed by atoms with Gasteiger partial charge in [-0.2, -0.15) is 0 Å². The van der Waals surface area contributed by atoms with Crippen LogP contribution in [0.4, 0.5) is 0 Å². The van der Waals surface area contributed by atoms with Crippen LogP contribution in [-0.2, 0) is 0 Å². The van der Waals surface area contributed by atoms with E-state index in [1.807, 2.05) is 11.9 Å². The molecular weight excluding hydrogens is 178 g/mol. The summed E-state index contributed by atoms with van der Waals surface area (Å²) in [6.45, 7) is 5.00. The molecule has 1 saturated heterocycles. The van der Waals surface area contributed by atoms with Crippen LogP contribution >= 0.6 is 11.9 Å². The van der Waals surface area contributed by atoms with Crippen LogP contribution in [0, 0.1) is 11.3 Å². The minimum absolute atomic E-state index is 0.799. The maximum absolute atomic E-state index is 2.52. The van der Waals surface area contributed by atoms with E-state index in [-0.39, 0.29) is 0 Å². The first-order valence-electron chi connectivity index (χ1n) is 5.57. The van der Waals surface area contributed by atoms with Gasteiger partial charge >= 0.3 is 0 Å². The molecule has 76 valence electrons. The van der Waals surface area contributed by atoms with Gasteiger partial charge in [0.15, 0.2) is 0 Å². The molecule has 1 heterocycles. The second-order valence-electron chi connectivity index (χ2n) is 4.79. The van der Waals surface area contributed by atoms with E-state index in [1.54, 1.807) is 0 Å². The summed E-state index contributed by atoms with van der Waals surface area (Å²) in [7, 11) is 0. The van der Waals surface area contributed by atoms with Crippen molar-refractivity contribution < 1.29 is 0 Å². The lowest BCUT2D eigenvalue weighted by Crippen LogP contribution is -2.45. The maximum atomic E-state index is 2.52. The highest BCUT2D eigenvalue weighted by Crippen LogP contribution is 2.53. The van der Waals surface area contributed by atoms with Crippen molar-refractivity contribution in [2.75, 3.05) is 19.3 Å². The molecule has 0 radical (unpaired) electrons. The first kappa shape index (κ1) is 9.85. The average molecular weight is 199 g/mol. The molecule has 0 aromatic heterocycles. The Balaban J connectivity index is 1.79. The summed E-state index contributed by atoms with van der Waals surface area (Å²) in [5.74, 6) is 1.07. The molecule has 0 aromatic carbocycles. The highest BCUT2D eigenvalue weighted by atomic mass is 32.2. The summed E-state index contributed by atoms with van der Waals surface area (Å²) in [6, 6.07) is 0. The predicted molar refractivity (Wildman–Crippen MR) is 59.8 cm³/mol. The Bertz CT molecular complexity index is 165. The van der Waals surface area contributed by atoms with Gasteiger partial charge in [-0.15, -0.1) is 0 Å². The SMILES string of the molecule is CCC1CC2(CCN(SC)CC2)C1. The average Bonchev–Trinajstić information content (AvgIpc) is 2.14. The van der Waals surface area contributed by atoms with Gasteiger partial charge < -0.3 is 0 Å². The fourth-order valence-electron chi connectivity index (χ4n) is 3.01. The zero-order valence-corrected chi connectivity index (χ0v) is 9.70. The lowest BCUT2D eigenvalue weighted by Gasteiger charge is -2.52. The van der Waals surface area contributed by atoms with Crippen LogP contribution in [0.5, 0.6) is 0 Å². The molecule has 1 aliphatic carbocycles. The molecule has 0 aromatic rings. The monoisotopic (exact) mass is 199 g/mol. The van der Waals surface area contributed by atoms with E-state index >= 15 is 0 Å². The molecule has 2 heteroatoms. The fourth-order valence-corrected chi connectivity index (χ4v) is 3.55. The van der Waals surface area contributed by atoms with Gasteiger partial charge in [0.05, 0.1) is 0 Å². The Morgan fingerprint density at radius 3 is 2.38 bits per heavy atom. The largest absolute Gasteiger partial charge is 0.251 e. The van der Waals surface area contributed by atoms with Crippen LogP contribution in [0.15, 0.2) is 0 Å². The van der Waals surface area contributed by atoms with E-state index < -0.39 is 0 Å². The van der Waals surface area contributed by atoms with Crippen LogP contribution in [-0.4, -0.2) is 23.7 Å². The van der Waals surface area contributed by atoms with Crippen molar-refractivity contribution in [1.29, 1.82) is 0 Å². The molecule has 2 rings (SSSR count). The van der Waals surface area contributed by atoms with Crippen molar-refractivity contribution in [3.05, 3.63) is 0 Å². The number of nitrogens with zero attached hydrogens (tertiary/aromatic N) is 1. The molecule has 0 N–H and O–H groups in total. The minimum Gasteiger partial charge on any atom is -0.251 e. The third-order valence-electron chi connectivity index (χ3n) is 4.06. The molecule has 1 saturated carbocycles. The van der Waals surface area contributed by atoms with Crippen molar-refractivity contribution in [2.45, 2.75) is 39.0 Å². The van der Waals surface area contributed by atoms with Crippen molar-refractivity contribution >= 4 is 11.9 Å². The molecule has 1 spiro atoms. The first-order valence-corrected chi connectivity index (χ1v) is 6.75. The Kier molecular flexibility index (Phi) is 2.89. The molecule has 0 unspecified atom stereocenters. The molecular formula is C11H21NS. The lowest BCUT2D eigenvalue weighted by molar-refractivity contribution is 0.00521. The summed E-state index contributed by atoms with van der Waals surface area (Å²) < 4.78 is 2.52. The van der Waals surface area contributed by atoms with Gasteiger partial charge in [-0.1, -0.05) is 25.3 Å². The van der Waals surface area contributed by atoms with Gasteiger partial charge in [-0.25, -0.2) is 0 Å². The van der Waals surface area contributed by atoms with Crippen molar-refractivity contribution in [1.82, 2.24) is 4.31 Å². The quantitative estimate of drug-likeness (QED) is 0.628. The van der Waals surface area contributed by atoms with Crippen molar-refractivity contribution in [3.8, 4) is 0 Å². The zero-order chi connectivity index (χ0) is 9.31.